The number of carbonyl (C=O) groups is 1. The molecule has 2 N–H and O–H groups in total. The van der Waals surface area contributed by atoms with Gasteiger partial charge in [-0.1, -0.05) is 0 Å². The van der Waals surface area contributed by atoms with Crippen LogP contribution in [0.25, 0.3) is 0 Å². The number of esters is 1. The van der Waals surface area contributed by atoms with E-state index in [0.717, 1.165) is 12.1 Å². The summed E-state index contributed by atoms with van der Waals surface area (Å²) in [5.74, 6) is -2.97. The van der Waals surface area contributed by atoms with Crippen molar-refractivity contribution in [2.75, 3.05) is 12.8 Å². The molecule has 2 aromatic heterocycles. The second kappa shape index (κ2) is 6.12. The van der Waals surface area contributed by atoms with Crippen LogP contribution in [0.4, 0.5) is 14.5 Å². The summed E-state index contributed by atoms with van der Waals surface area (Å²) in [6.07, 6.45) is 0. The molecule has 0 aliphatic rings. The van der Waals surface area contributed by atoms with Crippen molar-refractivity contribution in [2.45, 2.75) is 6.61 Å². The van der Waals surface area contributed by atoms with Gasteiger partial charge in [-0.15, -0.1) is 0 Å². The molecule has 0 atom stereocenters. The molecule has 0 unspecified atom stereocenters. The van der Waals surface area contributed by atoms with Gasteiger partial charge in [-0.25, -0.2) is 9.78 Å². The summed E-state index contributed by atoms with van der Waals surface area (Å²) in [5, 5.41) is 0. The van der Waals surface area contributed by atoms with Gasteiger partial charge < -0.3 is 15.2 Å². The lowest BCUT2D eigenvalue weighted by Gasteiger charge is -2.08. The smallest absolute Gasteiger partial charge is 0.343 e. The summed E-state index contributed by atoms with van der Waals surface area (Å²) >= 11 is 0. The maximum absolute atomic E-state index is 13.3. The Balaban J connectivity index is 2.10. The number of nitrogens with zero attached hydrogens (tertiary/aromatic N) is 2. The Morgan fingerprint density at radius 3 is 2.67 bits per heavy atom. The van der Waals surface area contributed by atoms with Gasteiger partial charge in [-0.05, 0) is 18.2 Å². The molecular weight excluding hydrogens is 284 g/mol. The quantitative estimate of drug-likeness (QED) is 0.682. The summed E-state index contributed by atoms with van der Waals surface area (Å²) in [5.41, 5.74) is 5.75. The van der Waals surface area contributed by atoms with Crippen molar-refractivity contribution in [2.24, 2.45) is 0 Å². The van der Waals surface area contributed by atoms with E-state index in [1.165, 1.54) is 13.2 Å². The van der Waals surface area contributed by atoms with Crippen LogP contribution < -0.4 is 10.5 Å². The molecule has 6 nitrogen and oxygen atoms in total. The number of rotatable bonds is 4. The summed E-state index contributed by atoms with van der Waals surface area (Å²) in [6, 6.07) is 4.89. The highest BCUT2D eigenvalue weighted by Crippen LogP contribution is 2.16. The van der Waals surface area contributed by atoms with Crippen molar-refractivity contribution in [3.8, 4) is 5.88 Å². The minimum atomic E-state index is -1.24. The Labute approximate surface area is 118 Å². The van der Waals surface area contributed by atoms with E-state index in [2.05, 4.69) is 9.97 Å². The molecule has 0 radical (unpaired) electrons. The second-order valence-electron chi connectivity index (χ2n) is 3.94. The molecule has 0 saturated heterocycles. The van der Waals surface area contributed by atoms with Gasteiger partial charge in [0, 0.05) is 6.07 Å². The molecule has 2 aromatic rings. The molecule has 2 heterocycles. The SMILES string of the molecule is COc1ccc(N)c(COC(=O)c2ccc(F)nc2F)n1. The molecule has 0 aromatic carbocycles. The number of ether oxygens (including phenoxy) is 2. The topological polar surface area (TPSA) is 87.3 Å². The van der Waals surface area contributed by atoms with Crippen LogP contribution in [-0.4, -0.2) is 23.0 Å². The van der Waals surface area contributed by atoms with Crippen LogP contribution in [0.1, 0.15) is 16.1 Å². The molecule has 110 valence electrons. The highest BCUT2D eigenvalue weighted by molar-refractivity contribution is 5.89. The molecule has 21 heavy (non-hydrogen) atoms. The first-order valence-corrected chi connectivity index (χ1v) is 5.80. The molecule has 0 fully saturated rings. The fourth-order valence-electron chi connectivity index (χ4n) is 1.50. The number of hydrogen-bond donors (Lipinski definition) is 1. The van der Waals surface area contributed by atoms with E-state index in [9.17, 15) is 13.6 Å². The number of methoxy groups -OCH3 is 1. The zero-order chi connectivity index (χ0) is 15.4. The van der Waals surface area contributed by atoms with E-state index in [-0.39, 0.29) is 12.3 Å². The molecule has 0 aliphatic heterocycles. The third kappa shape index (κ3) is 3.41. The molecule has 0 amide bonds. The summed E-state index contributed by atoms with van der Waals surface area (Å²) in [7, 11) is 1.42. The monoisotopic (exact) mass is 295 g/mol. The third-order valence-corrected chi connectivity index (χ3v) is 2.57. The van der Waals surface area contributed by atoms with Crippen molar-refractivity contribution in [3.05, 3.63) is 47.4 Å². The first-order chi connectivity index (χ1) is 10.0. The van der Waals surface area contributed by atoms with E-state index in [1.54, 1.807) is 6.07 Å². The first kappa shape index (κ1) is 14.6. The predicted octanol–water partition coefficient (Wildman–Crippen LogP) is 1.70. The van der Waals surface area contributed by atoms with Crippen LogP contribution in [0, 0.1) is 11.9 Å². The Morgan fingerprint density at radius 1 is 1.24 bits per heavy atom. The summed E-state index contributed by atoms with van der Waals surface area (Å²) in [4.78, 5) is 18.6. The highest BCUT2D eigenvalue weighted by Gasteiger charge is 2.16. The number of carbonyl (C=O) groups excluding carboxylic acids is 1. The number of halogens is 2. The molecule has 0 saturated carbocycles. The van der Waals surface area contributed by atoms with Gasteiger partial charge in [0.15, 0.2) is 0 Å². The van der Waals surface area contributed by atoms with Crippen molar-refractivity contribution in [3.63, 3.8) is 0 Å². The summed E-state index contributed by atoms with van der Waals surface area (Å²) < 4.78 is 35.8. The van der Waals surface area contributed by atoms with Crippen molar-refractivity contribution >= 4 is 11.7 Å². The number of nitrogen functional groups attached to an aromatic ring is 1. The zero-order valence-corrected chi connectivity index (χ0v) is 11.0. The fraction of sp³-hybridized carbons (Fsp3) is 0.154. The lowest BCUT2D eigenvalue weighted by molar-refractivity contribution is 0.0461. The van der Waals surface area contributed by atoms with Gasteiger partial charge in [-0.2, -0.15) is 13.8 Å². The maximum atomic E-state index is 13.3. The standard InChI is InChI=1S/C13H11F2N3O3/c1-20-11-5-3-8(16)9(17-11)6-21-13(19)7-2-4-10(14)18-12(7)15/h2-5H,6,16H2,1H3. The minimum absolute atomic E-state index is 0.262. The second-order valence-corrected chi connectivity index (χ2v) is 3.94. The number of nitrogens with two attached hydrogens (primary N) is 1. The largest absolute Gasteiger partial charge is 0.481 e. The van der Waals surface area contributed by atoms with Crippen molar-refractivity contribution in [1.82, 2.24) is 9.97 Å². The van der Waals surface area contributed by atoms with Gasteiger partial charge in [0.05, 0.1) is 12.8 Å². The zero-order valence-electron chi connectivity index (χ0n) is 11.0. The van der Waals surface area contributed by atoms with Crippen LogP contribution in [0.5, 0.6) is 5.88 Å². The number of hydrogen-bond acceptors (Lipinski definition) is 6. The van der Waals surface area contributed by atoms with Crippen molar-refractivity contribution in [1.29, 1.82) is 0 Å². The van der Waals surface area contributed by atoms with E-state index in [1.807, 2.05) is 0 Å². The van der Waals surface area contributed by atoms with Crippen LogP contribution in [0.2, 0.25) is 0 Å². The molecule has 0 spiro atoms. The van der Waals surface area contributed by atoms with Gasteiger partial charge in [0.2, 0.25) is 17.8 Å². The number of anilines is 1. The normalized spacial score (nSPS) is 10.2. The molecule has 8 heteroatoms. The van der Waals surface area contributed by atoms with Gasteiger partial charge in [0.1, 0.15) is 17.9 Å². The van der Waals surface area contributed by atoms with Crippen LogP contribution >= 0.6 is 0 Å². The lowest BCUT2D eigenvalue weighted by Crippen LogP contribution is -2.11. The third-order valence-electron chi connectivity index (χ3n) is 2.57. The van der Waals surface area contributed by atoms with Gasteiger partial charge in [-0.3, -0.25) is 0 Å². The fourth-order valence-corrected chi connectivity index (χ4v) is 1.50. The van der Waals surface area contributed by atoms with Crippen LogP contribution in [-0.2, 0) is 11.3 Å². The Hall–Kier alpha value is -2.77. The average molecular weight is 295 g/mol. The molecular formula is C13H11F2N3O3. The number of aromatic nitrogens is 2. The first-order valence-electron chi connectivity index (χ1n) is 5.80. The highest BCUT2D eigenvalue weighted by atomic mass is 19.1. The Kier molecular flexibility index (Phi) is 4.27. The minimum Gasteiger partial charge on any atom is -0.481 e. The van der Waals surface area contributed by atoms with Gasteiger partial charge >= 0.3 is 5.97 Å². The van der Waals surface area contributed by atoms with E-state index in [0.29, 0.717) is 11.6 Å². The lowest BCUT2D eigenvalue weighted by atomic mass is 10.3. The predicted molar refractivity (Wildman–Crippen MR) is 68.5 cm³/mol. The molecule has 0 aliphatic carbocycles. The van der Waals surface area contributed by atoms with E-state index < -0.39 is 23.4 Å². The van der Waals surface area contributed by atoms with Crippen LogP contribution in [0.3, 0.4) is 0 Å². The Morgan fingerprint density at radius 2 is 2.00 bits per heavy atom. The van der Waals surface area contributed by atoms with E-state index >= 15 is 0 Å². The summed E-state index contributed by atoms with van der Waals surface area (Å²) in [6.45, 7) is -0.279. The van der Waals surface area contributed by atoms with E-state index in [4.69, 9.17) is 15.2 Å². The Bertz CT molecular complexity index is 680. The average Bonchev–Trinajstić information content (AvgIpc) is 2.46. The maximum Gasteiger partial charge on any atom is 0.343 e. The van der Waals surface area contributed by atoms with Crippen LogP contribution in [0.15, 0.2) is 24.3 Å². The van der Waals surface area contributed by atoms with Crippen molar-refractivity contribution < 1.29 is 23.0 Å². The molecule has 0 bridgehead atoms. The molecule has 2 rings (SSSR count). The van der Waals surface area contributed by atoms with Gasteiger partial charge in [0.25, 0.3) is 0 Å². The number of pyridine rings is 2.